The van der Waals surface area contributed by atoms with Crippen LogP contribution in [0, 0.1) is 23.2 Å². The molecule has 0 aromatic carbocycles. The Kier molecular flexibility index (Phi) is 8.92. The molecule has 5 nitrogen and oxygen atoms in total. The van der Waals surface area contributed by atoms with E-state index in [0.717, 1.165) is 31.6 Å². The van der Waals surface area contributed by atoms with Gasteiger partial charge in [0.1, 0.15) is 0 Å². The Labute approximate surface area is 221 Å². The first-order chi connectivity index (χ1) is 16.0. The minimum atomic E-state index is -2.02. The molecule has 202 valence electrons. The molecule has 6 atom stereocenters. The molecule has 8 heteroatoms. The van der Waals surface area contributed by atoms with Crippen LogP contribution < -0.4 is 0 Å². The summed E-state index contributed by atoms with van der Waals surface area (Å²) in [5.74, 6) is 1.41. The van der Waals surface area contributed by atoms with Gasteiger partial charge in [-0.05, 0) is 80.3 Å². The van der Waals surface area contributed by atoms with Crippen LogP contribution in [0.1, 0.15) is 93.9 Å². The van der Waals surface area contributed by atoms with Crippen LogP contribution in [0.4, 0.5) is 0 Å². The molecule has 3 aliphatic carbocycles. The summed E-state index contributed by atoms with van der Waals surface area (Å²) >= 11 is 6.85. The zero-order chi connectivity index (χ0) is 26.4. The number of alkyl halides is 1. The monoisotopic (exact) mass is 528 g/mol. The minimum Gasteiger partial charge on any atom is -0.465 e. The highest BCUT2D eigenvalue weighted by Crippen LogP contribution is 2.65. The van der Waals surface area contributed by atoms with E-state index < -0.39 is 8.32 Å². The van der Waals surface area contributed by atoms with E-state index in [1.807, 2.05) is 13.8 Å². The van der Waals surface area contributed by atoms with Crippen LogP contribution in [0.25, 0.3) is 0 Å². The van der Waals surface area contributed by atoms with Gasteiger partial charge in [0.2, 0.25) is 0 Å². The fourth-order valence-electron chi connectivity index (χ4n) is 6.03. The van der Waals surface area contributed by atoms with Crippen LogP contribution in [-0.2, 0) is 23.3 Å². The lowest BCUT2D eigenvalue weighted by Crippen LogP contribution is -2.65. The molecule has 1 heterocycles. The van der Waals surface area contributed by atoms with Crippen molar-refractivity contribution >= 4 is 33.0 Å². The van der Waals surface area contributed by atoms with Gasteiger partial charge in [-0.15, -0.1) is 11.6 Å². The molecule has 35 heavy (non-hydrogen) atoms. The summed E-state index contributed by atoms with van der Waals surface area (Å²) in [4.78, 5) is 12.5. The zero-order valence-corrected chi connectivity index (χ0v) is 25.7. The third-order valence-electron chi connectivity index (χ3n) is 9.51. The van der Waals surface area contributed by atoms with E-state index in [-0.39, 0.29) is 41.2 Å². The number of ether oxygens (including phenoxy) is 1. The topological polar surface area (TPSA) is 54.0 Å². The van der Waals surface area contributed by atoms with Crippen molar-refractivity contribution in [2.45, 2.75) is 135 Å². The van der Waals surface area contributed by atoms with Crippen molar-refractivity contribution in [3.05, 3.63) is 0 Å². The number of rotatable bonds is 11. The summed E-state index contributed by atoms with van der Waals surface area (Å²) in [5, 5.41) is -0.132. The predicted molar refractivity (Wildman–Crippen MR) is 146 cm³/mol. The van der Waals surface area contributed by atoms with E-state index in [1.165, 1.54) is 6.42 Å². The van der Waals surface area contributed by atoms with Crippen molar-refractivity contribution in [1.82, 2.24) is 0 Å². The summed E-state index contributed by atoms with van der Waals surface area (Å²) in [5.41, 5.74) is 0.0913. The Bertz CT molecular complexity index is 754. The van der Waals surface area contributed by atoms with Crippen LogP contribution in [0.2, 0.25) is 18.1 Å². The van der Waals surface area contributed by atoms with Gasteiger partial charge in [0.15, 0.2) is 8.32 Å². The zero-order valence-electron chi connectivity index (χ0n) is 23.9. The lowest BCUT2D eigenvalue weighted by atomic mass is 9.43. The normalized spacial score (nSPS) is 31.7. The van der Waals surface area contributed by atoms with Crippen molar-refractivity contribution < 1.29 is 23.3 Å². The van der Waals surface area contributed by atoms with Crippen molar-refractivity contribution in [3.63, 3.8) is 0 Å². The Balaban J connectivity index is 1.54. The predicted octanol–water partition coefficient (Wildman–Crippen LogP) is 7.01. The summed E-state index contributed by atoms with van der Waals surface area (Å²) in [7, 11) is -2.38. The quantitative estimate of drug-likeness (QED) is 0.164. The molecular weight excluding hydrogens is 479 g/mol. The SMILES string of the molecule is CC(C)COC(=O)CC(CCC[C@@H](Cl)B1O[C@@H]2C[C@@H]3C[C@@H](C3(C)C)[C@]2(C)O1)O[Si](C)(C)C(C)(C)C. The summed E-state index contributed by atoms with van der Waals surface area (Å²) in [6.07, 6.45) is 4.99. The lowest BCUT2D eigenvalue weighted by molar-refractivity contribution is -0.199. The van der Waals surface area contributed by atoms with Gasteiger partial charge in [0, 0.05) is 0 Å². The van der Waals surface area contributed by atoms with Crippen LogP contribution in [-0.4, -0.2) is 51.1 Å². The molecule has 0 N–H and O–H groups in total. The third-order valence-corrected chi connectivity index (χ3v) is 14.5. The van der Waals surface area contributed by atoms with E-state index in [0.29, 0.717) is 30.3 Å². The van der Waals surface area contributed by atoms with Crippen LogP contribution in [0.5, 0.6) is 0 Å². The number of halogens is 1. The number of carbonyl (C=O) groups is 1. The molecule has 2 bridgehead atoms. The third kappa shape index (κ3) is 6.33. The summed E-state index contributed by atoms with van der Waals surface area (Å²) < 4.78 is 25.0. The maximum absolute atomic E-state index is 12.5. The Morgan fingerprint density at radius 3 is 2.40 bits per heavy atom. The summed E-state index contributed by atoms with van der Waals surface area (Å²) in [6.45, 7) is 22.7. The fraction of sp³-hybridized carbons (Fsp3) is 0.963. The van der Waals surface area contributed by atoms with Gasteiger partial charge >= 0.3 is 13.1 Å². The summed E-state index contributed by atoms with van der Waals surface area (Å²) in [6, 6.07) is 0. The average Bonchev–Trinajstić information content (AvgIpc) is 3.08. The van der Waals surface area contributed by atoms with Gasteiger partial charge in [-0.1, -0.05) is 48.5 Å². The largest absolute Gasteiger partial charge is 0.476 e. The second kappa shape index (κ2) is 10.6. The van der Waals surface area contributed by atoms with Crippen molar-refractivity contribution in [3.8, 4) is 0 Å². The van der Waals surface area contributed by atoms with Gasteiger partial charge in [0.25, 0.3) is 0 Å². The first-order valence-corrected chi connectivity index (χ1v) is 17.1. The van der Waals surface area contributed by atoms with Gasteiger partial charge < -0.3 is 18.5 Å². The van der Waals surface area contributed by atoms with E-state index >= 15 is 0 Å². The number of hydrogen-bond donors (Lipinski definition) is 0. The smallest absolute Gasteiger partial charge is 0.465 e. The van der Waals surface area contributed by atoms with Gasteiger partial charge in [0.05, 0.1) is 36.1 Å². The van der Waals surface area contributed by atoms with Crippen LogP contribution in [0.3, 0.4) is 0 Å². The molecule has 0 aromatic rings. The molecule has 4 fully saturated rings. The second-order valence-electron chi connectivity index (χ2n) is 14.1. The Hall–Kier alpha value is -0.0782. The molecule has 1 saturated heterocycles. The molecule has 1 unspecified atom stereocenters. The van der Waals surface area contributed by atoms with E-state index in [1.54, 1.807) is 0 Å². The molecule has 3 saturated carbocycles. The number of carbonyl (C=O) groups excluding carboxylic acids is 1. The molecule has 4 aliphatic rings. The second-order valence-corrected chi connectivity index (χ2v) is 19.4. The van der Waals surface area contributed by atoms with E-state index in [4.69, 9.17) is 30.1 Å². The first kappa shape index (κ1) is 29.5. The van der Waals surface area contributed by atoms with Crippen LogP contribution >= 0.6 is 11.6 Å². The van der Waals surface area contributed by atoms with Gasteiger partial charge in [-0.3, -0.25) is 4.79 Å². The highest BCUT2D eigenvalue weighted by atomic mass is 35.5. The number of esters is 1. The van der Waals surface area contributed by atoms with Crippen molar-refractivity contribution in [2.24, 2.45) is 23.2 Å². The molecule has 4 rings (SSSR count). The van der Waals surface area contributed by atoms with Gasteiger partial charge in [-0.2, -0.15) is 0 Å². The molecule has 1 aliphatic heterocycles. The molecule has 0 aromatic heterocycles. The highest BCUT2D eigenvalue weighted by Gasteiger charge is 2.68. The molecular formula is C27H50BClO5Si. The molecule has 0 spiro atoms. The van der Waals surface area contributed by atoms with Gasteiger partial charge in [-0.25, -0.2) is 0 Å². The lowest BCUT2D eigenvalue weighted by Gasteiger charge is -2.64. The maximum Gasteiger partial charge on any atom is 0.476 e. The minimum absolute atomic E-state index is 0.0772. The first-order valence-electron chi connectivity index (χ1n) is 13.8. The maximum atomic E-state index is 12.5. The Morgan fingerprint density at radius 1 is 1.17 bits per heavy atom. The Morgan fingerprint density at radius 2 is 1.83 bits per heavy atom. The average molecular weight is 529 g/mol. The van der Waals surface area contributed by atoms with E-state index in [9.17, 15) is 4.79 Å². The van der Waals surface area contributed by atoms with Crippen LogP contribution in [0.15, 0.2) is 0 Å². The number of hydrogen-bond acceptors (Lipinski definition) is 5. The standard InChI is InChI=1S/C27H50BClO5Si/c1-18(2)17-31-24(30)16-20(33-35(9,10)25(3,4)5)12-11-13-23(29)28-32-22-15-19-14-21(26(19,6)7)27(22,8)34-28/h18-23H,11-17H2,1-10H3/t19-,20?,21-,22+,23+,27-/m0/s1. The fourth-order valence-corrected chi connectivity index (χ4v) is 7.68. The highest BCUT2D eigenvalue weighted by molar-refractivity contribution is 6.74. The van der Waals surface area contributed by atoms with Crippen molar-refractivity contribution in [2.75, 3.05) is 6.61 Å². The molecule has 0 radical (unpaired) electrons. The molecule has 0 amide bonds. The van der Waals surface area contributed by atoms with Crippen molar-refractivity contribution in [1.29, 1.82) is 0 Å². The van der Waals surface area contributed by atoms with E-state index in [2.05, 4.69) is 54.6 Å².